The lowest BCUT2D eigenvalue weighted by Crippen LogP contribution is -2.52. The zero-order valence-electron chi connectivity index (χ0n) is 14.6. The SMILES string of the molecule is CC1Oc2ccccc2N(C(C)C(=O)Nc2ccccc2C(F)(F)F)C1=O. The summed E-state index contributed by atoms with van der Waals surface area (Å²) in [6, 6.07) is 10.3. The van der Waals surface area contributed by atoms with Crippen LogP contribution in [0, 0.1) is 0 Å². The topological polar surface area (TPSA) is 58.6 Å². The number of nitrogens with zero attached hydrogens (tertiary/aromatic N) is 1. The lowest BCUT2D eigenvalue weighted by atomic mass is 10.1. The third kappa shape index (κ3) is 3.60. The molecule has 2 atom stereocenters. The summed E-state index contributed by atoms with van der Waals surface area (Å²) in [4.78, 5) is 26.4. The third-order valence-corrected chi connectivity index (χ3v) is 4.27. The molecule has 0 saturated heterocycles. The number of benzene rings is 2. The van der Waals surface area contributed by atoms with Crippen LogP contribution in [0.4, 0.5) is 24.5 Å². The van der Waals surface area contributed by atoms with Gasteiger partial charge in [-0.3, -0.25) is 14.5 Å². The van der Waals surface area contributed by atoms with Gasteiger partial charge in [-0.2, -0.15) is 13.2 Å². The molecule has 0 fully saturated rings. The van der Waals surface area contributed by atoms with Gasteiger partial charge in [0.15, 0.2) is 6.10 Å². The van der Waals surface area contributed by atoms with E-state index in [1.54, 1.807) is 31.2 Å². The van der Waals surface area contributed by atoms with Crippen molar-refractivity contribution in [3.63, 3.8) is 0 Å². The molecular formula is C19H17F3N2O3. The first kappa shape index (κ1) is 18.8. The zero-order valence-corrected chi connectivity index (χ0v) is 14.6. The van der Waals surface area contributed by atoms with E-state index in [9.17, 15) is 22.8 Å². The van der Waals surface area contributed by atoms with Crippen molar-refractivity contribution in [1.29, 1.82) is 0 Å². The van der Waals surface area contributed by atoms with Crippen molar-refractivity contribution in [3.05, 3.63) is 54.1 Å². The molecular weight excluding hydrogens is 361 g/mol. The van der Waals surface area contributed by atoms with E-state index in [0.29, 0.717) is 11.4 Å². The van der Waals surface area contributed by atoms with Gasteiger partial charge in [0.2, 0.25) is 5.91 Å². The molecule has 0 aromatic heterocycles. The summed E-state index contributed by atoms with van der Waals surface area (Å²) in [5, 5.41) is 2.29. The molecule has 1 aliphatic heterocycles. The van der Waals surface area contributed by atoms with E-state index in [-0.39, 0.29) is 5.69 Å². The zero-order chi connectivity index (χ0) is 19.8. The lowest BCUT2D eigenvalue weighted by molar-refractivity contribution is -0.137. The number of halogens is 3. The molecule has 0 bridgehead atoms. The summed E-state index contributed by atoms with van der Waals surface area (Å²) in [5.41, 5.74) is -0.913. The number of hydrogen-bond donors (Lipinski definition) is 1. The fourth-order valence-electron chi connectivity index (χ4n) is 2.90. The molecule has 5 nitrogen and oxygen atoms in total. The van der Waals surface area contributed by atoms with Gasteiger partial charge in [-0.1, -0.05) is 24.3 Å². The molecule has 0 aliphatic carbocycles. The number of para-hydroxylation sites is 3. The van der Waals surface area contributed by atoms with E-state index < -0.39 is 35.7 Å². The fourth-order valence-corrected chi connectivity index (χ4v) is 2.90. The Balaban J connectivity index is 1.90. The van der Waals surface area contributed by atoms with Crippen LogP contribution < -0.4 is 15.0 Å². The molecule has 27 heavy (non-hydrogen) atoms. The highest BCUT2D eigenvalue weighted by atomic mass is 19.4. The van der Waals surface area contributed by atoms with Crippen LogP contribution in [0.5, 0.6) is 5.75 Å². The van der Waals surface area contributed by atoms with Gasteiger partial charge >= 0.3 is 6.18 Å². The predicted octanol–water partition coefficient (Wildman–Crippen LogP) is 3.85. The molecule has 2 aromatic rings. The Morgan fingerprint density at radius 3 is 2.48 bits per heavy atom. The number of fused-ring (bicyclic) bond motifs is 1. The van der Waals surface area contributed by atoms with Crippen LogP contribution in [0.3, 0.4) is 0 Å². The van der Waals surface area contributed by atoms with Crippen LogP contribution in [0.15, 0.2) is 48.5 Å². The number of carbonyl (C=O) groups is 2. The summed E-state index contributed by atoms with van der Waals surface area (Å²) in [6.07, 6.45) is -5.42. The Morgan fingerprint density at radius 2 is 1.78 bits per heavy atom. The van der Waals surface area contributed by atoms with E-state index in [4.69, 9.17) is 4.74 Å². The maximum absolute atomic E-state index is 13.1. The van der Waals surface area contributed by atoms with Gasteiger partial charge in [0.1, 0.15) is 11.8 Å². The smallest absolute Gasteiger partial charge is 0.418 e. The monoisotopic (exact) mass is 378 g/mol. The Labute approximate surface area is 153 Å². The van der Waals surface area contributed by atoms with E-state index in [1.165, 1.54) is 30.0 Å². The normalized spacial score (nSPS) is 17.7. The highest BCUT2D eigenvalue weighted by Crippen LogP contribution is 2.36. The second-order valence-electron chi connectivity index (χ2n) is 6.14. The maximum Gasteiger partial charge on any atom is 0.418 e. The second-order valence-corrected chi connectivity index (χ2v) is 6.14. The van der Waals surface area contributed by atoms with Crippen LogP contribution in [0.25, 0.3) is 0 Å². The number of ether oxygens (including phenoxy) is 1. The van der Waals surface area contributed by atoms with Crippen molar-refractivity contribution in [2.75, 3.05) is 10.2 Å². The van der Waals surface area contributed by atoms with Crippen molar-refractivity contribution < 1.29 is 27.5 Å². The number of anilines is 2. The van der Waals surface area contributed by atoms with Crippen LogP contribution in [-0.4, -0.2) is 24.0 Å². The number of hydrogen-bond acceptors (Lipinski definition) is 3. The summed E-state index contributed by atoms with van der Waals surface area (Å²) < 4.78 is 44.9. The fraction of sp³-hybridized carbons (Fsp3) is 0.263. The Hall–Kier alpha value is -3.03. The summed E-state index contributed by atoms with van der Waals surface area (Å²) in [6.45, 7) is 3.01. The van der Waals surface area contributed by atoms with Gasteiger partial charge in [0.05, 0.1) is 16.9 Å². The average Bonchev–Trinajstić information content (AvgIpc) is 2.62. The minimum Gasteiger partial charge on any atom is -0.479 e. The summed E-state index contributed by atoms with van der Waals surface area (Å²) in [7, 11) is 0. The standard InChI is InChI=1S/C19H17F3N2O3/c1-11(17(25)23-14-8-4-3-7-13(14)19(20,21)22)24-15-9-5-6-10-16(15)27-12(2)18(24)26/h3-12H,1-2H3,(H,23,25). The van der Waals surface area contributed by atoms with Crippen molar-refractivity contribution in [2.24, 2.45) is 0 Å². The van der Waals surface area contributed by atoms with Crippen molar-refractivity contribution in [1.82, 2.24) is 0 Å². The molecule has 142 valence electrons. The van der Waals surface area contributed by atoms with Crippen LogP contribution >= 0.6 is 0 Å². The molecule has 2 amide bonds. The lowest BCUT2D eigenvalue weighted by Gasteiger charge is -2.36. The van der Waals surface area contributed by atoms with Crippen molar-refractivity contribution >= 4 is 23.2 Å². The molecule has 0 radical (unpaired) electrons. The predicted molar refractivity (Wildman–Crippen MR) is 93.6 cm³/mol. The molecule has 3 rings (SSSR count). The molecule has 1 aliphatic rings. The highest BCUT2D eigenvalue weighted by molar-refractivity contribution is 6.08. The quantitative estimate of drug-likeness (QED) is 0.883. The number of carbonyl (C=O) groups excluding carboxylic acids is 2. The van der Waals surface area contributed by atoms with Crippen LogP contribution in [0.2, 0.25) is 0 Å². The van der Waals surface area contributed by atoms with Gasteiger partial charge in [-0.25, -0.2) is 0 Å². The minimum absolute atomic E-state index is 0.358. The maximum atomic E-state index is 13.1. The average molecular weight is 378 g/mol. The first-order chi connectivity index (χ1) is 12.7. The van der Waals surface area contributed by atoms with E-state index in [0.717, 1.165) is 6.07 Å². The van der Waals surface area contributed by atoms with Gasteiger partial charge < -0.3 is 10.1 Å². The summed E-state index contributed by atoms with van der Waals surface area (Å²) in [5.74, 6) is -0.746. The van der Waals surface area contributed by atoms with E-state index >= 15 is 0 Å². The molecule has 0 saturated carbocycles. The minimum atomic E-state index is -4.61. The Bertz CT molecular complexity index is 882. The van der Waals surface area contributed by atoms with Crippen LogP contribution in [-0.2, 0) is 15.8 Å². The van der Waals surface area contributed by atoms with E-state index in [1.807, 2.05) is 0 Å². The summed E-state index contributed by atoms with van der Waals surface area (Å²) >= 11 is 0. The van der Waals surface area contributed by atoms with Crippen molar-refractivity contribution in [2.45, 2.75) is 32.2 Å². The number of alkyl halides is 3. The van der Waals surface area contributed by atoms with E-state index in [2.05, 4.69) is 5.32 Å². The molecule has 1 N–H and O–H groups in total. The molecule has 0 spiro atoms. The second kappa shape index (κ2) is 6.94. The van der Waals surface area contributed by atoms with Gasteiger partial charge in [0.25, 0.3) is 5.91 Å². The molecule has 2 unspecified atom stereocenters. The van der Waals surface area contributed by atoms with Gasteiger partial charge in [-0.05, 0) is 38.1 Å². The Morgan fingerprint density at radius 1 is 1.15 bits per heavy atom. The molecule has 2 aromatic carbocycles. The van der Waals surface area contributed by atoms with Gasteiger partial charge in [-0.15, -0.1) is 0 Å². The third-order valence-electron chi connectivity index (χ3n) is 4.27. The Kier molecular flexibility index (Phi) is 4.82. The number of nitrogens with one attached hydrogen (secondary N) is 1. The van der Waals surface area contributed by atoms with Crippen molar-refractivity contribution in [3.8, 4) is 5.75 Å². The first-order valence-electron chi connectivity index (χ1n) is 8.26. The largest absolute Gasteiger partial charge is 0.479 e. The van der Waals surface area contributed by atoms with Crippen LogP contribution in [0.1, 0.15) is 19.4 Å². The van der Waals surface area contributed by atoms with Gasteiger partial charge in [0, 0.05) is 0 Å². The highest BCUT2D eigenvalue weighted by Gasteiger charge is 2.38. The number of rotatable bonds is 3. The molecule has 8 heteroatoms. The molecule has 1 heterocycles. The first-order valence-corrected chi connectivity index (χ1v) is 8.26. The number of amides is 2.